The number of aromatic amines is 1. The van der Waals surface area contributed by atoms with Crippen LogP contribution in [0.4, 0.5) is 0 Å². The van der Waals surface area contributed by atoms with Crippen LogP contribution in [-0.2, 0) is 0 Å². The zero-order valence-electron chi connectivity index (χ0n) is 8.57. The highest BCUT2D eigenvalue weighted by Crippen LogP contribution is 2.21. The molecule has 0 aliphatic carbocycles. The molecular formula is C12H13NOS. The summed E-state index contributed by atoms with van der Waals surface area (Å²) in [7, 11) is 0. The molecule has 0 amide bonds. The van der Waals surface area contributed by atoms with Gasteiger partial charge in [0.25, 0.3) is 0 Å². The number of ketones is 1. The van der Waals surface area contributed by atoms with E-state index in [0.717, 1.165) is 10.6 Å². The number of aromatic nitrogens is 1. The summed E-state index contributed by atoms with van der Waals surface area (Å²) >= 11 is 1.51. The van der Waals surface area contributed by atoms with Crippen LogP contribution in [0.5, 0.6) is 0 Å². The van der Waals surface area contributed by atoms with Crippen LogP contribution < -0.4 is 0 Å². The van der Waals surface area contributed by atoms with Gasteiger partial charge in [0.2, 0.25) is 0 Å². The Morgan fingerprint density at radius 1 is 1.47 bits per heavy atom. The van der Waals surface area contributed by atoms with E-state index in [0.29, 0.717) is 6.42 Å². The summed E-state index contributed by atoms with van der Waals surface area (Å²) in [4.78, 5) is 15.8. The van der Waals surface area contributed by atoms with Gasteiger partial charge in [-0.25, -0.2) is 0 Å². The first-order chi connectivity index (χ1) is 7.27. The van der Waals surface area contributed by atoms with Crippen LogP contribution in [0, 0.1) is 0 Å². The van der Waals surface area contributed by atoms with E-state index in [9.17, 15) is 4.79 Å². The van der Waals surface area contributed by atoms with Crippen molar-refractivity contribution in [1.29, 1.82) is 0 Å². The Bertz CT molecular complexity index is 416. The van der Waals surface area contributed by atoms with Gasteiger partial charge < -0.3 is 4.98 Å². The molecule has 3 heteroatoms. The molecule has 0 saturated heterocycles. The average molecular weight is 219 g/mol. The molecule has 0 saturated carbocycles. The van der Waals surface area contributed by atoms with E-state index in [1.165, 1.54) is 11.3 Å². The van der Waals surface area contributed by atoms with Crippen molar-refractivity contribution in [3.05, 3.63) is 46.4 Å². The average Bonchev–Trinajstić information content (AvgIpc) is 2.91. The van der Waals surface area contributed by atoms with Crippen LogP contribution in [0.25, 0.3) is 0 Å². The largest absolute Gasteiger partial charge is 0.365 e. The highest BCUT2D eigenvalue weighted by molar-refractivity contribution is 7.12. The maximum Gasteiger partial charge on any atom is 0.173 e. The van der Waals surface area contributed by atoms with Gasteiger partial charge in [0.15, 0.2) is 5.78 Å². The molecule has 2 nitrogen and oxygen atoms in total. The summed E-state index contributed by atoms with van der Waals surface area (Å²) in [5, 5.41) is 1.94. The van der Waals surface area contributed by atoms with E-state index in [2.05, 4.69) is 11.9 Å². The Labute approximate surface area is 93.0 Å². The van der Waals surface area contributed by atoms with Crippen molar-refractivity contribution in [2.45, 2.75) is 19.3 Å². The van der Waals surface area contributed by atoms with Crippen molar-refractivity contribution in [3.63, 3.8) is 0 Å². The van der Waals surface area contributed by atoms with Crippen molar-refractivity contribution in [2.75, 3.05) is 0 Å². The van der Waals surface area contributed by atoms with Crippen LogP contribution in [0.2, 0.25) is 0 Å². The van der Waals surface area contributed by atoms with E-state index in [1.807, 2.05) is 35.8 Å². The Balaban J connectivity index is 2.01. The Morgan fingerprint density at radius 3 is 2.93 bits per heavy atom. The van der Waals surface area contributed by atoms with Crippen LogP contribution >= 0.6 is 11.3 Å². The number of rotatable bonds is 4. The third-order valence-corrected chi connectivity index (χ3v) is 3.35. The van der Waals surface area contributed by atoms with Crippen molar-refractivity contribution in [2.24, 2.45) is 0 Å². The van der Waals surface area contributed by atoms with Gasteiger partial charge in [-0.2, -0.15) is 0 Å². The minimum atomic E-state index is 0.229. The number of carbonyl (C=O) groups excluding carboxylic acids is 1. The predicted octanol–water partition coefficient (Wildman–Crippen LogP) is 3.45. The van der Waals surface area contributed by atoms with Crippen molar-refractivity contribution in [1.82, 2.24) is 4.98 Å². The topological polar surface area (TPSA) is 32.9 Å². The van der Waals surface area contributed by atoms with E-state index < -0.39 is 0 Å². The fourth-order valence-corrected chi connectivity index (χ4v) is 2.25. The predicted molar refractivity (Wildman–Crippen MR) is 62.5 cm³/mol. The molecule has 2 aromatic rings. The fourth-order valence-electron chi connectivity index (χ4n) is 1.58. The second kappa shape index (κ2) is 4.45. The number of H-pyrrole nitrogens is 1. The molecule has 1 atom stereocenters. The zero-order chi connectivity index (χ0) is 10.7. The molecule has 0 radical (unpaired) electrons. The first-order valence-electron chi connectivity index (χ1n) is 4.97. The maximum absolute atomic E-state index is 11.8. The molecule has 1 N–H and O–H groups in total. The molecule has 0 unspecified atom stereocenters. The normalized spacial score (nSPS) is 12.6. The smallest absolute Gasteiger partial charge is 0.173 e. The van der Waals surface area contributed by atoms with E-state index in [1.54, 1.807) is 0 Å². The van der Waals surface area contributed by atoms with Gasteiger partial charge in [-0.15, -0.1) is 11.3 Å². The molecule has 2 aromatic heterocycles. The lowest BCUT2D eigenvalue weighted by molar-refractivity contribution is 0.0979. The second-order valence-corrected chi connectivity index (χ2v) is 4.58. The quantitative estimate of drug-likeness (QED) is 0.785. The Kier molecular flexibility index (Phi) is 3.02. The maximum atomic E-state index is 11.8. The molecule has 15 heavy (non-hydrogen) atoms. The summed E-state index contributed by atoms with van der Waals surface area (Å²) in [6.07, 6.45) is 2.46. The first kappa shape index (κ1) is 10.2. The standard InChI is InChI=1S/C12H13NOS/c1-9(10-4-2-6-13-10)8-11(14)12-5-3-7-15-12/h2-7,9,13H,8H2,1H3/t9-/m1/s1. The van der Waals surface area contributed by atoms with Crippen LogP contribution in [0.1, 0.15) is 34.6 Å². The minimum absolute atomic E-state index is 0.229. The molecular weight excluding hydrogens is 206 g/mol. The Hall–Kier alpha value is -1.35. The summed E-state index contributed by atoms with van der Waals surface area (Å²) in [5.74, 6) is 0.488. The molecule has 78 valence electrons. The lowest BCUT2D eigenvalue weighted by Crippen LogP contribution is -2.03. The number of hydrogen-bond acceptors (Lipinski definition) is 2. The molecule has 2 heterocycles. The molecule has 0 bridgehead atoms. The summed E-state index contributed by atoms with van der Waals surface area (Å²) in [6, 6.07) is 7.78. The fraction of sp³-hybridized carbons (Fsp3) is 0.250. The first-order valence-corrected chi connectivity index (χ1v) is 5.85. The number of nitrogens with one attached hydrogen (secondary N) is 1. The van der Waals surface area contributed by atoms with Crippen molar-refractivity contribution in [3.8, 4) is 0 Å². The van der Waals surface area contributed by atoms with E-state index in [4.69, 9.17) is 0 Å². The third-order valence-electron chi connectivity index (χ3n) is 2.44. The van der Waals surface area contributed by atoms with Crippen molar-refractivity contribution < 1.29 is 4.79 Å². The minimum Gasteiger partial charge on any atom is -0.365 e. The van der Waals surface area contributed by atoms with E-state index >= 15 is 0 Å². The molecule has 2 rings (SSSR count). The molecule has 0 aliphatic rings. The van der Waals surface area contributed by atoms with Gasteiger partial charge in [0.05, 0.1) is 4.88 Å². The van der Waals surface area contributed by atoms with E-state index in [-0.39, 0.29) is 11.7 Å². The number of carbonyl (C=O) groups is 1. The highest BCUT2D eigenvalue weighted by atomic mass is 32.1. The number of thiophene rings is 1. The number of hydrogen-bond donors (Lipinski definition) is 1. The molecule has 0 spiro atoms. The van der Waals surface area contributed by atoms with Crippen LogP contribution in [-0.4, -0.2) is 10.8 Å². The molecule has 0 fully saturated rings. The van der Waals surface area contributed by atoms with Crippen LogP contribution in [0.15, 0.2) is 35.8 Å². The summed E-state index contributed by atoms with van der Waals surface area (Å²) < 4.78 is 0. The zero-order valence-corrected chi connectivity index (χ0v) is 9.38. The van der Waals surface area contributed by atoms with Crippen LogP contribution in [0.3, 0.4) is 0 Å². The highest BCUT2D eigenvalue weighted by Gasteiger charge is 2.13. The van der Waals surface area contributed by atoms with Gasteiger partial charge in [0, 0.05) is 24.2 Å². The molecule has 0 aliphatic heterocycles. The second-order valence-electron chi connectivity index (χ2n) is 3.63. The monoisotopic (exact) mass is 219 g/mol. The van der Waals surface area contributed by atoms with Gasteiger partial charge in [-0.05, 0) is 23.6 Å². The Morgan fingerprint density at radius 2 is 2.33 bits per heavy atom. The summed E-state index contributed by atoms with van der Waals surface area (Å²) in [5.41, 5.74) is 1.12. The van der Waals surface area contributed by atoms with Gasteiger partial charge in [-0.1, -0.05) is 13.0 Å². The summed E-state index contributed by atoms with van der Waals surface area (Å²) in [6.45, 7) is 2.07. The van der Waals surface area contributed by atoms with Gasteiger partial charge in [0.1, 0.15) is 0 Å². The SMILES string of the molecule is C[C@H](CC(=O)c1cccs1)c1ccc[nH]1. The van der Waals surface area contributed by atoms with Crippen molar-refractivity contribution >= 4 is 17.1 Å². The lowest BCUT2D eigenvalue weighted by atomic mass is 10.0. The lowest BCUT2D eigenvalue weighted by Gasteiger charge is -2.07. The molecule has 0 aromatic carbocycles. The van der Waals surface area contributed by atoms with Gasteiger partial charge >= 0.3 is 0 Å². The van der Waals surface area contributed by atoms with Gasteiger partial charge in [-0.3, -0.25) is 4.79 Å². The third kappa shape index (κ3) is 2.36. The number of Topliss-reactive ketones (excluding diaryl/α,β-unsaturated/α-hetero) is 1.